The lowest BCUT2D eigenvalue weighted by Gasteiger charge is -2.11. The summed E-state index contributed by atoms with van der Waals surface area (Å²) < 4.78 is 7.23. The molecule has 0 N–H and O–H groups in total. The average Bonchev–Trinajstić information content (AvgIpc) is 2.83. The van der Waals surface area contributed by atoms with Gasteiger partial charge in [-0.2, -0.15) is 0 Å². The molecule has 0 aliphatic carbocycles. The van der Waals surface area contributed by atoms with Crippen LogP contribution in [0.2, 0.25) is 4.34 Å². The van der Waals surface area contributed by atoms with Gasteiger partial charge in [-0.15, -0.1) is 11.3 Å². The second-order valence-electron chi connectivity index (χ2n) is 4.05. The molecule has 1 aromatic heterocycles. The van der Waals surface area contributed by atoms with Gasteiger partial charge in [-0.25, -0.2) is 0 Å². The minimum absolute atomic E-state index is 0.0333. The minimum Gasteiger partial charge on any atom is -0.366 e. The van der Waals surface area contributed by atoms with Crippen molar-refractivity contribution in [2.75, 3.05) is 0 Å². The van der Waals surface area contributed by atoms with Crippen molar-refractivity contribution in [3.8, 4) is 0 Å². The zero-order valence-electron chi connectivity index (χ0n) is 10.2. The molecule has 2 rings (SSSR count). The first kappa shape index (κ1) is 14.7. The summed E-state index contributed by atoms with van der Waals surface area (Å²) in [5.74, 6) is -0.0333. The van der Waals surface area contributed by atoms with Crippen LogP contribution >= 0.6 is 38.9 Å². The second kappa shape index (κ2) is 6.66. The van der Waals surface area contributed by atoms with Crippen LogP contribution in [0.1, 0.15) is 22.2 Å². The Morgan fingerprint density at radius 1 is 1.32 bits per heavy atom. The number of benzene rings is 1. The molecule has 1 heterocycles. The molecule has 0 amide bonds. The van der Waals surface area contributed by atoms with Gasteiger partial charge in [-0.3, -0.25) is 4.79 Å². The van der Waals surface area contributed by atoms with Gasteiger partial charge in [0.25, 0.3) is 0 Å². The summed E-state index contributed by atoms with van der Waals surface area (Å²) in [5.41, 5.74) is 1.03. The fourth-order valence-corrected chi connectivity index (χ4v) is 2.85. The molecule has 19 heavy (non-hydrogen) atoms. The molecule has 1 unspecified atom stereocenters. The number of hydrogen-bond acceptors (Lipinski definition) is 3. The molecule has 1 aromatic carbocycles. The standard InChI is InChI=1S/C14H12BrClO2S/c1-9(14(17)12-6-7-13(16)19-12)18-8-10-2-4-11(15)5-3-10/h2-7,9H,8H2,1H3. The third kappa shape index (κ3) is 4.14. The van der Waals surface area contributed by atoms with Crippen LogP contribution in [0.15, 0.2) is 40.9 Å². The Morgan fingerprint density at radius 2 is 2.00 bits per heavy atom. The molecule has 0 saturated heterocycles. The lowest BCUT2D eigenvalue weighted by Crippen LogP contribution is -2.19. The number of carbonyl (C=O) groups is 1. The quantitative estimate of drug-likeness (QED) is 0.706. The van der Waals surface area contributed by atoms with E-state index in [9.17, 15) is 4.79 Å². The molecule has 0 aliphatic rings. The van der Waals surface area contributed by atoms with E-state index in [1.54, 1.807) is 19.1 Å². The van der Waals surface area contributed by atoms with Gasteiger partial charge in [0.05, 0.1) is 15.8 Å². The van der Waals surface area contributed by atoms with Gasteiger partial charge in [0.1, 0.15) is 6.10 Å². The summed E-state index contributed by atoms with van der Waals surface area (Å²) in [6.45, 7) is 2.17. The van der Waals surface area contributed by atoms with E-state index in [4.69, 9.17) is 16.3 Å². The number of hydrogen-bond donors (Lipinski definition) is 0. The second-order valence-corrected chi connectivity index (χ2v) is 6.68. The fraction of sp³-hybridized carbons (Fsp3) is 0.214. The van der Waals surface area contributed by atoms with E-state index in [0.29, 0.717) is 15.8 Å². The van der Waals surface area contributed by atoms with Crippen LogP contribution in [0.4, 0.5) is 0 Å². The molecule has 5 heteroatoms. The third-order valence-electron chi connectivity index (χ3n) is 2.60. The van der Waals surface area contributed by atoms with Gasteiger partial charge in [0.15, 0.2) is 0 Å². The molecule has 0 aliphatic heterocycles. The van der Waals surface area contributed by atoms with E-state index in [1.165, 1.54) is 11.3 Å². The first-order valence-corrected chi connectivity index (χ1v) is 7.70. The predicted octanol–water partition coefficient (Wildman–Crippen LogP) is 4.95. The minimum atomic E-state index is -0.474. The first-order valence-electron chi connectivity index (χ1n) is 5.72. The summed E-state index contributed by atoms with van der Waals surface area (Å²) in [7, 11) is 0. The Labute approximate surface area is 129 Å². The summed E-state index contributed by atoms with van der Waals surface area (Å²) in [6.07, 6.45) is -0.474. The van der Waals surface area contributed by atoms with Crippen molar-refractivity contribution in [2.24, 2.45) is 0 Å². The fourth-order valence-electron chi connectivity index (χ4n) is 1.52. The molecule has 100 valence electrons. The number of thiophene rings is 1. The van der Waals surface area contributed by atoms with E-state index in [1.807, 2.05) is 24.3 Å². The smallest absolute Gasteiger partial charge is 0.201 e. The maximum atomic E-state index is 12.1. The lowest BCUT2D eigenvalue weighted by atomic mass is 10.2. The zero-order valence-corrected chi connectivity index (χ0v) is 13.4. The van der Waals surface area contributed by atoms with Crippen molar-refractivity contribution in [3.63, 3.8) is 0 Å². The topological polar surface area (TPSA) is 26.3 Å². The van der Waals surface area contributed by atoms with E-state index >= 15 is 0 Å². The highest BCUT2D eigenvalue weighted by molar-refractivity contribution is 9.10. The molecule has 1 atom stereocenters. The highest BCUT2D eigenvalue weighted by Gasteiger charge is 2.17. The largest absolute Gasteiger partial charge is 0.366 e. The van der Waals surface area contributed by atoms with Crippen LogP contribution in [0.25, 0.3) is 0 Å². The van der Waals surface area contributed by atoms with E-state index in [0.717, 1.165) is 10.0 Å². The van der Waals surface area contributed by atoms with Crippen molar-refractivity contribution in [3.05, 3.63) is 55.6 Å². The molecular weight excluding hydrogens is 348 g/mol. The number of Topliss-reactive ketones (excluding diaryl/α,β-unsaturated/α-hetero) is 1. The Bertz CT molecular complexity index is 565. The van der Waals surface area contributed by atoms with Crippen LogP contribution in [-0.4, -0.2) is 11.9 Å². The first-order chi connectivity index (χ1) is 9.06. The monoisotopic (exact) mass is 358 g/mol. The Balaban J connectivity index is 1.92. The van der Waals surface area contributed by atoms with Gasteiger partial charge in [-0.1, -0.05) is 39.7 Å². The summed E-state index contributed by atoms with van der Waals surface area (Å²) in [5, 5.41) is 0. The van der Waals surface area contributed by atoms with Crippen molar-refractivity contribution in [1.82, 2.24) is 0 Å². The maximum Gasteiger partial charge on any atom is 0.201 e. The summed E-state index contributed by atoms with van der Waals surface area (Å²) in [4.78, 5) is 12.7. The molecule has 2 nitrogen and oxygen atoms in total. The van der Waals surface area contributed by atoms with Crippen LogP contribution < -0.4 is 0 Å². The van der Waals surface area contributed by atoms with Crippen LogP contribution in [0.5, 0.6) is 0 Å². The predicted molar refractivity (Wildman–Crippen MR) is 82.1 cm³/mol. The molecule has 0 bridgehead atoms. The van der Waals surface area contributed by atoms with Crippen molar-refractivity contribution in [2.45, 2.75) is 19.6 Å². The Kier molecular flexibility index (Phi) is 5.16. The SMILES string of the molecule is CC(OCc1ccc(Br)cc1)C(=O)c1ccc(Cl)s1. The Morgan fingerprint density at radius 3 is 2.58 bits per heavy atom. The number of rotatable bonds is 5. The number of ether oxygens (including phenoxy) is 1. The van der Waals surface area contributed by atoms with Crippen molar-refractivity contribution < 1.29 is 9.53 Å². The van der Waals surface area contributed by atoms with Gasteiger partial charge < -0.3 is 4.74 Å². The average molecular weight is 360 g/mol. The highest BCUT2D eigenvalue weighted by Crippen LogP contribution is 2.23. The van der Waals surface area contributed by atoms with Crippen LogP contribution in [-0.2, 0) is 11.3 Å². The van der Waals surface area contributed by atoms with Gasteiger partial charge >= 0.3 is 0 Å². The van der Waals surface area contributed by atoms with Crippen LogP contribution in [0.3, 0.4) is 0 Å². The van der Waals surface area contributed by atoms with Gasteiger partial charge in [0.2, 0.25) is 5.78 Å². The van der Waals surface area contributed by atoms with Crippen molar-refractivity contribution >= 4 is 44.7 Å². The Hall–Kier alpha value is -0.680. The summed E-state index contributed by atoms with van der Waals surface area (Å²) >= 11 is 10.5. The summed E-state index contributed by atoms with van der Waals surface area (Å²) in [6, 6.07) is 11.3. The highest BCUT2D eigenvalue weighted by atomic mass is 79.9. The molecule has 0 spiro atoms. The lowest BCUT2D eigenvalue weighted by molar-refractivity contribution is 0.0416. The van der Waals surface area contributed by atoms with Crippen LogP contribution in [0, 0.1) is 0 Å². The maximum absolute atomic E-state index is 12.1. The molecule has 0 radical (unpaired) electrons. The van der Waals surface area contributed by atoms with Gasteiger partial charge in [-0.05, 0) is 36.8 Å². The van der Waals surface area contributed by atoms with Gasteiger partial charge in [0, 0.05) is 4.47 Å². The van der Waals surface area contributed by atoms with E-state index in [-0.39, 0.29) is 5.78 Å². The zero-order chi connectivity index (χ0) is 13.8. The van der Waals surface area contributed by atoms with E-state index < -0.39 is 6.10 Å². The number of ketones is 1. The molecule has 0 saturated carbocycles. The van der Waals surface area contributed by atoms with E-state index in [2.05, 4.69) is 15.9 Å². The molecule has 2 aromatic rings. The number of carbonyl (C=O) groups excluding carboxylic acids is 1. The van der Waals surface area contributed by atoms with Crippen molar-refractivity contribution in [1.29, 1.82) is 0 Å². The molecule has 0 fully saturated rings. The molecular formula is C14H12BrClO2S. The number of halogens is 2. The normalized spacial score (nSPS) is 12.4. The third-order valence-corrected chi connectivity index (χ3v) is 4.37.